The zero-order valence-corrected chi connectivity index (χ0v) is 12.3. The van der Waals surface area contributed by atoms with Crippen LogP contribution in [0.3, 0.4) is 0 Å². The Morgan fingerprint density at radius 1 is 1.12 bits per heavy atom. The van der Waals surface area contributed by atoms with Crippen molar-refractivity contribution in [2.24, 2.45) is 11.8 Å². The molecule has 1 rings (SSSR count). The normalized spacial score (nSPS) is 26.2. The first-order chi connectivity index (χ1) is 7.97. The summed E-state index contributed by atoms with van der Waals surface area (Å²) >= 11 is 0. The molecule has 0 unspecified atom stereocenters. The second-order valence-electron chi connectivity index (χ2n) is 5.95. The molecule has 2 heteroatoms. The smallest absolute Gasteiger partial charge is 0.156 e. The predicted molar refractivity (Wildman–Crippen MR) is 73.1 cm³/mol. The van der Waals surface area contributed by atoms with Crippen LogP contribution in [0.2, 0.25) is 0 Å². The second-order valence-corrected chi connectivity index (χ2v) is 5.95. The first kappa shape index (κ1) is 14.7. The van der Waals surface area contributed by atoms with E-state index >= 15 is 0 Å². The molecule has 17 heavy (non-hydrogen) atoms. The molecule has 1 aliphatic rings. The molecule has 0 spiro atoms. The topological polar surface area (TPSA) is 20.3 Å². The third-order valence-corrected chi connectivity index (χ3v) is 4.87. The van der Waals surface area contributed by atoms with Gasteiger partial charge in [-0.1, -0.05) is 33.6 Å². The minimum Gasteiger partial charge on any atom is -0.297 e. The number of rotatable bonds is 5. The molecule has 0 saturated heterocycles. The predicted octanol–water partition coefficient (Wildman–Crippen LogP) is 3.50. The number of likely N-dealkylation sites (N-methyl/N-ethyl adjacent to an activating group) is 1. The molecule has 0 aromatic carbocycles. The Morgan fingerprint density at radius 3 is 1.94 bits per heavy atom. The van der Waals surface area contributed by atoms with Gasteiger partial charge in [0.2, 0.25) is 0 Å². The van der Waals surface area contributed by atoms with Gasteiger partial charge in [0.25, 0.3) is 0 Å². The van der Waals surface area contributed by atoms with Gasteiger partial charge in [-0.05, 0) is 45.7 Å². The van der Waals surface area contributed by atoms with Gasteiger partial charge in [0.05, 0.1) is 5.54 Å². The number of nitrogens with zero attached hydrogens (tertiary/aromatic N) is 1. The largest absolute Gasteiger partial charge is 0.297 e. The summed E-state index contributed by atoms with van der Waals surface area (Å²) in [5, 5.41) is 0. The zero-order valence-electron chi connectivity index (χ0n) is 12.3. The van der Waals surface area contributed by atoms with Gasteiger partial charge in [-0.25, -0.2) is 0 Å². The highest BCUT2D eigenvalue weighted by Crippen LogP contribution is 2.35. The van der Waals surface area contributed by atoms with E-state index in [0.717, 1.165) is 31.6 Å². The highest BCUT2D eigenvalue weighted by atomic mass is 16.1. The molecule has 0 heterocycles. The highest BCUT2D eigenvalue weighted by Gasteiger charge is 2.41. The molecule has 1 saturated carbocycles. The molecule has 1 aliphatic carbocycles. The molecular formula is C15H29NO. The molecule has 1 fully saturated rings. The van der Waals surface area contributed by atoms with Crippen LogP contribution in [0.5, 0.6) is 0 Å². The quantitative estimate of drug-likeness (QED) is 0.732. The molecular weight excluding hydrogens is 210 g/mol. The fraction of sp³-hybridized carbons (Fsp3) is 0.933. The maximum atomic E-state index is 12.8. The van der Waals surface area contributed by atoms with Gasteiger partial charge in [0, 0.05) is 5.92 Å². The molecule has 0 aliphatic heterocycles. The lowest BCUT2D eigenvalue weighted by Crippen LogP contribution is -2.53. The summed E-state index contributed by atoms with van der Waals surface area (Å²) in [7, 11) is 4.10. The van der Waals surface area contributed by atoms with E-state index in [2.05, 4.69) is 39.8 Å². The number of hydrogen-bond donors (Lipinski definition) is 0. The van der Waals surface area contributed by atoms with Crippen LogP contribution in [-0.2, 0) is 4.79 Å². The fourth-order valence-electron chi connectivity index (χ4n) is 3.35. The number of Topliss-reactive ketones (excluding diaryl/α,β-unsaturated/α-hetero) is 1. The van der Waals surface area contributed by atoms with E-state index in [0.29, 0.717) is 11.7 Å². The molecule has 0 N–H and O–H groups in total. The van der Waals surface area contributed by atoms with Crippen molar-refractivity contribution in [3.8, 4) is 0 Å². The lowest BCUT2D eigenvalue weighted by Gasteiger charge is -2.41. The average molecular weight is 239 g/mol. The summed E-state index contributed by atoms with van der Waals surface area (Å²) in [6.45, 7) is 6.60. The maximum Gasteiger partial charge on any atom is 0.156 e. The van der Waals surface area contributed by atoms with E-state index in [1.807, 2.05) is 0 Å². The monoisotopic (exact) mass is 239 g/mol. The van der Waals surface area contributed by atoms with Crippen molar-refractivity contribution in [1.29, 1.82) is 0 Å². The van der Waals surface area contributed by atoms with Gasteiger partial charge in [-0.15, -0.1) is 0 Å². The summed E-state index contributed by atoms with van der Waals surface area (Å²) in [4.78, 5) is 14.9. The van der Waals surface area contributed by atoms with E-state index in [1.54, 1.807) is 0 Å². The van der Waals surface area contributed by atoms with Gasteiger partial charge >= 0.3 is 0 Å². The number of carbonyl (C=O) groups is 1. The number of hydrogen-bond acceptors (Lipinski definition) is 2. The second kappa shape index (κ2) is 5.99. The van der Waals surface area contributed by atoms with Crippen molar-refractivity contribution in [3.63, 3.8) is 0 Å². The minimum atomic E-state index is -0.217. The van der Waals surface area contributed by atoms with Crippen LogP contribution in [0.25, 0.3) is 0 Å². The molecule has 0 aromatic heterocycles. The third kappa shape index (κ3) is 2.90. The van der Waals surface area contributed by atoms with E-state index in [-0.39, 0.29) is 5.54 Å². The van der Waals surface area contributed by atoms with Crippen molar-refractivity contribution in [1.82, 2.24) is 4.90 Å². The molecule has 0 atom stereocenters. The minimum absolute atomic E-state index is 0.217. The van der Waals surface area contributed by atoms with Crippen LogP contribution in [0.15, 0.2) is 0 Å². The summed E-state index contributed by atoms with van der Waals surface area (Å²) in [5.74, 6) is 1.63. The molecule has 100 valence electrons. The lowest BCUT2D eigenvalue weighted by atomic mass is 9.73. The van der Waals surface area contributed by atoms with Crippen molar-refractivity contribution in [2.45, 2.75) is 64.8 Å². The van der Waals surface area contributed by atoms with Crippen LogP contribution in [0.1, 0.15) is 59.3 Å². The Bertz CT molecular complexity index is 248. The fourth-order valence-corrected chi connectivity index (χ4v) is 3.35. The Hall–Kier alpha value is -0.370. The van der Waals surface area contributed by atoms with Crippen molar-refractivity contribution >= 4 is 5.78 Å². The Labute approximate surface area is 107 Å². The Morgan fingerprint density at radius 2 is 1.59 bits per heavy atom. The first-order valence-corrected chi connectivity index (χ1v) is 7.19. The Balaban J connectivity index is 2.78. The molecule has 0 amide bonds. The highest BCUT2D eigenvalue weighted by molar-refractivity contribution is 5.90. The van der Waals surface area contributed by atoms with E-state index in [9.17, 15) is 4.79 Å². The van der Waals surface area contributed by atoms with Gasteiger partial charge in [-0.2, -0.15) is 0 Å². The standard InChI is InChI=1S/C15H29NO/c1-6-15(7-2,16(4)5)14(17)13-10-8-12(3)9-11-13/h12-13H,6-11H2,1-5H3. The van der Waals surface area contributed by atoms with E-state index in [4.69, 9.17) is 0 Å². The average Bonchev–Trinajstić information content (AvgIpc) is 2.31. The third-order valence-electron chi connectivity index (χ3n) is 4.87. The van der Waals surface area contributed by atoms with Crippen molar-refractivity contribution in [3.05, 3.63) is 0 Å². The van der Waals surface area contributed by atoms with Crippen LogP contribution < -0.4 is 0 Å². The molecule has 0 radical (unpaired) electrons. The van der Waals surface area contributed by atoms with Crippen molar-refractivity contribution < 1.29 is 4.79 Å². The van der Waals surface area contributed by atoms with Crippen LogP contribution in [0.4, 0.5) is 0 Å². The summed E-state index contributed by atoms with van der Waals surface area (Å²) in [6, 6.07) is 0. The Kier molecular flexibility index (Phi) is 5.18. The van der Waals surface area contributed by atoms with Crippen LogP contribution >= 0.6 is 0 Å². The number of carbonyl (C=O) groups excluding carboxylic acids is 1. The van der Waals surface area contributed by atoms with Crippen molar-refractivity contribution in [2.75, 3.05) is 14.1 Å². The van der Waals surface area contributed by atoms with E-state index in [1.165, 1.54) is 12.8 Å². The molecule has 0 bridgehead atoms. The first-order valence-electron chi connectivity index (χ1n) is 7.19. The van der Waals surface area contributed by atoms with Gasteiger partial charge in [-0.3, -0.25) is 9.69 Å². The van der Waals surface area contributed by atoms with Gasteiger partial charge < -0.3 is 0 Å². The molecule has 0 aromatic rings. The van der Waals surface area contributed by atoms with Crippen LogP contribution in [0, 0.1) is 11.8 Å². The SMILES string of the molecule is CCC(CC)(C(=O)C1CCC(C)CC1)N(C)C. The number of ketones is 1. The van der Waals surface area contributed by atoms with Gasteiger partial charge in [0.1, 0.15) is 0 Å². The van der Waals surface area contributed by atoms with Crippen LogP contribution in [-0.4, -0.2) is 30.3 Å². The lowest BCUT2D eigenvalue weighted by molar-refractivity contribution is -0.135. The summed E-state index contributed by atoms with van der Waals surface area (Å²) in [6.07, 6.45) is 6.54. The summed E-state index contributed by atoms with van der Waals surface area (Å²) < 4.78 is 0. The van der Waals surface area contributed by atoms with E-state index < -0.39 is 0 Å². The zero-order chi connectivity index (χ0) is 13.1. The summed E-state index contributed by atoms with van der Waals surface area (Å²) in [5.41, 5.74) is -0.217. The van der Waals surface area contributed by atoms with Gasteiger partial charge in [0.15, 0.2) is 5.78 Å². The molecule has 2 nitrogen and oxygen atoms in total. The maximum absolute atomic E-state index is 12.8.